The summed E-state index contributed by atoms with van der Waals surface area (Å²) in [5.74, 6) is 0.791. The minimum atomic E-state index is -0.0189. The molecule has 2 atom stereocenters. The molecule has 166 valence electrons. The predicted molar refractivity (Wildman–Crippen MR) is 121 cm³/mol. The lowest BCUT2D eigenvalue weighted by atomic mass is 9.96. The monoisotopic (exact) mass is 443 g/mol. The molecular weight excluding hydrogens is 414 g/mol. The Morgan fingerprint density at radius 3 is 2.58 bits per heavy atom. The van der Waals surface area contributed by atoms with Gasteiger partial charge in [-0.1, -0.05) is 23.7 Å². The van der Waals surface area contributed by atoms with E-state index in [4.69, 9.17) is 16.3 Å². The molecule has 0 radical (unpaired) electrons. The number of rotatable bonds is 6. The molecule has 2 saturated heterocycles. The Kier molecular flexibility index (Phi) is 7.37. The SMILES string of the molecule is CC(=O)NC[C@H]1CN(C2CCN(c3ncccn3)CC2)[C@@H](Cc2ccc(Cl)cc2)CO1. The van der Waals surface area contributed by atoms with Crippen LogP contribution in [-0.4, -0.2) is 71.7 Å². The molecular formula is C23H30ClN5O2. The number of halogens is 1. The highest BCUT2D eigenvalue weighted by molar-refractivity contribution is 6.30. The molecule has 2 aromatic rings. The van der Waals surface area contributed by atoms with Crippen LogP contribution < -0.4 is 10.2 Å². The zero-order valence-electron chi connectivity index (χ0n) is 17.9. The van der Waals surface area contributed by atoms with Crippen molar-refractivity contribution in [1.29, 1.82) is 0 Å². The van der Waals surface area contributed by atoms with E-state index in [0.29, 0.717) is 25.2 Å². The molecule has 1 aromatic carbocycles. The molecule has 3 heterocycles. The normalized spacial score (nSPS) is 23.0. The fourth-order valence-electron chi connectivity index (χ4n) is 4.53. The third kappa shape index (κ3) is 5.93. The average molecular weight is 444 g/mol. The summed E-state index contributed by atoms with van der Waals surface area (Å²) in [6.45, 7) is 5.47. The number of anilines is 1. The second-order valence-electron chi connectivity index (χ2n) is 8.34. The molecule has 1 amide bonds. The van der Waals surface area contributed by atoms with Gasteiger partial charge in [-0.2, -0.15) is 0 Å². The van der Waals surface area contributed by atoms with Crippen molar-refractivity contribution in [3.63, 3.8) is 0 Å². The lowest BCUT2D eigenvalue weighted by Crippen LogP contribution is -2.58. The van der Waals surface area contributed by atoms with Gasteiger partial charge in [-0.15, -0.1) is 0 Å². The summed E-state index contributed by atoms with van der Waals surface area (Å²) in [4.78, 5) is 25.0. The molecule has 8 heteroatoms. The van der Waals surface area contributed by atoms with E-state index in [1.54, 1.807) is 19.3 Å². The molecule has 1 aromatic heterocycles. The van der Waals surface area contributed by atoms with Crippen LogP contribution >= 0.6 is 11.6 Å². The number of carbonyl (C=O) groups is 1. The Hall–Kier alpha value is -2.22. The number of morpholine rings is 1. The van der Waals surface area contributed by atoms with Crippen molar-refractivity contribution in [1.82, 2.24) is 20.2 Å². The average Bonchev–Trinajstić information content (AvgIpc) is 2.80. The number of nitrogens with zero attached hydrogens (tertiary/aromatic N) is 4. The van der Waals surface area contributed by atoms with Gasteiger partial charge in [0.1, 0.15) is 0 Å². The maximum atomic E-state index is 11.4. The smallest absolute Gasteiger partial charge is 0.225 e. The number of nitrogens with one attached hydrogen (secondary N) is 1. The molecule has 0 bridgehead atoms. The van der Waals surface area contributed by atoms with Gasteiger partial charge in [0, 0.05) is 62.6 Å². The van der Waals surface area contributed by atoms with Crippen molar-refractivity contribution in [2.45, 2.75) is 44.4 Å². The molecule has 4 rings (SSSR count). The van der Waals surface area contributed by atoms with E-state index in [9.17, 15) is 4.79 Å². The Morgan fingerprint density at radius 1 is 1.19 bits per heavy atom. The van der Waals surface area contributed by atoms with Crippen molar-refractivity contribution in [3.8, 4) is 0 Å². The van der Waals surface area contributed by atoms with Gasteiger partial charge in [0.2, 0.25) is 11.9 Å². The quantitative estimate of drug-likeness (QED) is 0.739. The number of hydrogen-bond acceptors (Lipinski definition) is 6. The summed E-state index contributed by atoms with van der Waals surface area (Å²) in [6.07, 6.45) is 6.65. The van der Waals surface area contributed by atoms with Gasteiger partial charge in [-0.25, -0.2) is 9.97 Å². The number of piperidine rings is 1. The maximum absolute atomic E-state index is 11.4. The van der Waals surface area contributed by atoms with Gasteiger partial charge >= 0.3 is 0 Å². The Bertz CT molecular complexity index is 843. The molecule has 1 N–H and O–H groups in total. The fraction of sp³-hybridized carbons (Fsp3) is 0.522. The van der Waals surface area contributed by atoms with E-state index in [0.717, 1.165) is 49.9 Å². The summed E-state index contributed by atoms with van der Waals surface area (Å²) in [6, 6.07) is 10.7. The minimum absolute atomic E-state index is 0.0147. The standard InChI is InChI=1S/C23H30ClN5O2/c1-17(30)27-14-22-15-29(21(16-31-22)13-18-3-5-19(24)6-4-18)20-7-11-28(12-8-20)23-25-9-2-10-26-23/h2-6,9-10,20-22H,7-8,11-16H2,1H3,(H,27,30)/t21-,22-/m0/s1. The van der Waals surface area contributed by atoms with Gasteiger partial charge in [0.05, 0.1) is 12.7 Å². The van der Waals surface area contributed by atoms with E-state index in [1.165, 1.54) is 5.56 Å². The van der Waals surface area contributed by atoms with Crippen molar-refractivity contribution in [2.24, 2.45) is 0 Å². The molecule has 0 saturated carbocycles. The molecule has 2 aliphatic rings. The van der Waals surface area contributed by atoms with Gasteiger partial charge in [0.25, 0.3) is 0 Å². The van der Waals surface area contributed by atoms with Crippen LogP contribution in [0, 0.1) is 0 Å². The van der Waals surface area contributed by atoms with Crippen LogP contribution in [0.2, 0.25) is 5.02 Å². The Balaban J connectivity index is 1.42. The summed E-state index contributed by atoms with van der Waals surface area (Å²) < 4.78 is 6.14. The first kappa shape index (κ1) is 22.0. The molecule has 7 nitrogen and oxygen atoms in total. The van der Waals surface area contributed by atoms with Crippen molar-refractivity contribution < 1.29 is 9.53 Å². The zero-order chi connectivity index (χ0) is 21.6. The summed E-state index contributed by atoms with van der Waals surface area (Å²) in [7, 11) is 0. The fourth-order valence-corrected chi connectivity index (χ4v) is 4.65. The lowest BCUT2D eigenvalue weighted by molar-refractivity contribution is -0.121. The van der Waals surface area contributed by atoms with Crippen LogP contribution in [0.4, 0.5) is 5.95 Å². The first-order chi connectivity index (χ1) is 15.1. The lowest BCUT2D eigenvalue weighted by Gasteiger charge is -2.46. The second kappa shape index (κ2) is 10.4. The van der Waals surface area contributed by atoms with Gasteiger partial charge in [-0.05, 0) is 43.0 Å². The number of benzene rings is 1. The van der Waals surface area contributed by atoms with E-state index in [2.05, 4.69) is 37.2 Å². The number of aromatic nitrogens is 2. The van der Waals surface area contributed by atoms with Gasteiger partial charge < -0.3 is 15.0 Å². The summed E-state index contributed by atoms with van der Waals surface area (Å²) in [5, 5.41) is 3.66. The summed E-state index contributed by atoms with van der Waals surface area (Å²) in [5.41, 5.74) is 1.26. The zero-order valence-corrected chi connectivity index (χ0v) is 18.7. The topological polar surface area (TPSA) is 70.6 Å². The van der Waals surface area contributed by atoms with Crippen LogP contribution in [0.15, 0.2) is 42.7 Å². The van der Waals surface area contributed by atoms with E-state index in [-0.39, 0.29) is 12.0 Å². The highest BCUT2D eigenvalue weighted by Gasteiger charge is 2.35. The second-order valence-corrected chi connectivity index (χ2v) is 8.78. The maximum Gasteiger partial charge on any atom is 0.225 e. The molecule has 0 unspecified atom stereocenters. The highest BCUT2D eigenvalue weighted by atomic mass is 35.5. The highest BCUT2D eigenvalue weighted by Crippen LogP contribution is 2.26. The Morgan fingerprint density at radius 2 is 1.90 bits per heavy atom. The summed E-state index contributed by atoms with van der Waals surface area (Å²) >= 11 is 6.06. The Labute approximate surface area is 188 Å². The van der Waals surface area contributed by atoms with Crippen molar-refractivity contribution >= 4 is 23.5 Å². The largest absolute Gasteiger partial charge is 0.373 e. The molecule has 31 heavy (non-hydrogen) atoms. The van der Waals surface area contributed by atoms with Gasteiger partial charge in [0.15, 0.2) is 0 Å². The van der Waals surface area contributed by atoms with E-state index >= 15 is 0 Å². The molecule has 2 fully saturated rings. The van der Waals surface area contributed by atoms with E-state index < -0.39 is 0 Å². The predicted octanol–water partition coefficient (Wildman–Crippen LogP) is 2.55. The van der Waals surface area contributed by atoms with Crippen molar-refractivity contribution in [3.05, 3.63) is 53.3 Å². The molecule has 0 aliphatic carbocycles. The number of ether oxygens (including phenoxy) is 1. The third-order valence-corrected chi connectivity index (χ3v) is 6.39. The van der Waals surface area contributed by atoms with Crippen LogP contribution in [0.3, 0.4) is 0 Å². The van der Waals surface area contributed by atoms with Crippen LogP contribution in [0.5, 0.6) is 0 Å². The number of hydrogen-bond donors (Lipinski definition) is 1. The number of carbonyl (C=O) groups excluding carboxylic acids is 1. The van der Waals surface area contributed by atoms with Crippen LogP contribution in [-0.2, 0) is 16.0 Å². The minimum Gasteiger partial charge on any atom is -0.373 e. The third-order valence-electron chi connectivity index (χ3n) is 6.14. The first-order valence-electron chi connectivity index (χ1n) is 11.0. The first-order valence-corrected chi connectivity index (χ1v) is 11.3. The van der Waals surface area contributed by atoms with Gasteiger partial charge in [-0.3, -0.25) is 9.69 Å². The van der Waals surface area contributed by atoms with Crippen molar-refractivity contribution in [2.75, 3.05) is 37.7 Å². The van der Waals surface area contributed by atoms with E-state index in [1.807, 2.05) is 18.2 Å². The molecule has 2 aliphatic heterocycles. The number of amides is 1. The van der Waals surface area contributed by atoms with Crippen LogP contribution in [0.1, 0.15) is 25.3 Å². The molecule has 0 spiro atoms. The van der Waals surface area contributed by atoms with Crippen LogP contribution in [0.25, 0.3) is 0 Å².